The molecule has 3 rings (SSSR count). The predicted octanol–water partition coefficient (Wildman–Crippen LogP) is 4.49. The first-order chi connectivity index (χ1) is 14.4. The summed E-state index contributed by atoms with van der Waals surface area (Å²) in [7, 11) is 0. The third-order valence-electron chi connectivity index (χ3n) is 5.59. The third-order valence-corrected chi connectivity index (χ3v) is 6.47. The molecule has 1 unspecified atom stereocenters. The van der Waals surface area contributed by atoms with Gasteiger partial charge in [0, 0.05) is 34.9 Å². The SMILES string of the molecule is CSc1nc(C)c(CCC(=O)NCC(c2c(F)cccc2Cl)N2CCCC2)c(C)n1. The summed E-state index contributed by atoms with van der Waals surface area (Å²) in [6.07, 6.45) is 5.00. The molecule has 162 valence electrons. The van der Waals surface area contributed by atoms with Crippen molar-refractivity contribution in [1.29, 1.82) is 0 Å². The van der Waals surface area contributed by atoms with Gasteiger partial charge in [0.25, 0.3) is 0 Å². The Hall–Kier alpha value is -1.70. The average Bonchev–Trinajstić information content (AvgIpc) is 3.23. The normalized spacial score (nSPS) is 15.4. The molecule has 1 amide bonds. The van der Waals surface area contributed by atoms with E-state index in [1.807, 2.05) is 20.1 Å². The molecule has 0 saturated carbocycles. The van der Waals surface area contributed by atoms with Crippen LogP contribution in [0.1, 0.15) is 47.8 Å². The van der Waals surface area contributed by atoms with E-state index in [4.69, 9.17) is 11.6 Å². The van der Waals surface area contributed by atoms with E-state index in [0.29, 0.717) is 30.0 Å². The van der Waals surface area contributed by atoms with Crippen molar-refractivity contribution in [1.82, 2.24) is 20.2 Å². The molecule has 1 N–H and O–H groups in total. The fourth-order valence-corrected chi connectivity index (χ4v) is 4.74. The molecule has 0 aliphatic carbocycles. The van der Waals surface area contributed by atoms with Gasteiger partial charge in [-0.2, -0.15) is 0 Å². The lowest BCUT2D eigenvalue weighted by Crippen LogP contribution is -2.37. The van der Waals surface area contributed by atoms with E-state index in [1.165, 1.54) is 17.8 Å². The molecular formula is C22H28ClFN4OS. The largest absolute Gasteiger partial charge is 0.354 e. The molecule has 1 saturated heterocycles. The summed E-state index contributed by atoms with van der Waals surface area (Å²) in [6.45, 7) is 5.99. The van der Waals surface area contributed by atoms with Gasteiger partial charge in [-0.1, -0.05) is 29.4 Å². The van der Waals surface area contributed by atoms with E-state index >= 15 is 0 Å². The maximum absolute atomic E-state index is 14.6. The zero-order valence-corrected chi connectivity index (χ0v) is 19.2. The lowest BCUT2D eigenvalue weighted by molar-refractivity contribution is -0.121. The van der Waals surface area contributed by atoms with E-state index in [-0.39, 0.29) is 17.8 Å². The fourth-order valence-electron chi connectivity index (χ4n) is 4.00. The van der Waals surface area contributed by atoms with Crippen LogP contribution in [-0.2, 0) is 11.2 Å². The van der Waals surface area contributed by atoms with Crippen molar-refractivity contribution in [2.24, 2.45) is 0 Å². The van der Waals surface area contributed by atoms with E-state index in [2.05, 4.69) is 20.2 Å². The number of benzene rings is 1. The highest BCUT2D eigenvalue weighted by molar-refractivity contribution is 7.98. The number of rotatable bonds is 8. The van der Waals surface area contributed by atoms with Crippen molar-refractivity contribution < 1.29 is 9.18 Å². The first-order valence-corrected chi connectivity index (χ1v) is 11.8. The summed E-state index contributed by atoms with van der Waals surface area (Å²) in [5, 5.41) is 4.14. The van der Waals surface area contributed by atoms with E-state index in [9.17, 15) is 9.18 Å². The second kappa shape index (κ2) is 10.6. The number of likely N-dealkylation sites (tertiary alicyclic amines) is 1. The second-order valence-electron chi connectivity index (χ2n) is 7.56. The summed E-state index contributed by atoms with van der Waals surface area (Å²) >= 11 is 7.83. The fraction of sp³-hybridized carbons (Fsp3) is 0.500. The van der Waals surface area contributed by atoms with Crippen molar-refractivity contribution >= 4 is 29.3 Å². The zero-order valence-electron chi connectivity index (χ0n) is 17.7. The van der Waals surface area contributed by atoms with Crippen molar-refractivity contribution in [2.45, 2.75) is 50.7 Å². The van der Waals surface area contributed by atoms with Crippen LogP contribution >= 0.6 is 23.4 Å². The summed E-state index contributed by atoms with van der Waals surface area (Å²) < 4.78 is 14.6. The van der Waals surface area contributed by atoms with E-state index in [1.54, 1.807) is 12.1 Å². The summed E-state index contributed by atoms with van der Waals surface area (Å²) in [4.78, 5) is 23.7. The molecule has 1 atom stereocenters. The topological polar surface area (TPSA) is 58.1 Å². The quantitative estimate of drug-likeness (QED) is 0.474. The third kappa shape index (κ3) is 5.50. The molecule has 2 aromatic rings. The maximum atomic E-state index is 14.6. The van der Waals surface area contributed by atoms with Crippen LogP contribution in [0, 0.1) is 19.7 Å². The monoisotopic (exact) mass is 450 g/mol. The number of thioether (sulfide) groups is 1. The molecule has 1 aromatic carbocycles. The molecule has 1 aromatic heterocycles. The molecule has 0 radical (unpaired) electrons. The first kappa shape index (κ1) is 23.0. The van der Waals surface area contributed by atoms with Gasteiger partial charge in [-0.05, 0) is 70.2 Å². The first-order valence-electron chi connectivity index (χ1n) is 10.2. The van der Waals surface area contributed by atoms with Gasteiger partial charge in [0.05, 0.1) is 6.04 Å². The summed E-state index contributed by atoms with van der Waals surface area (Å²) in [5.74, 6) is -0.398. The number of halogens is 2. The minimum absolute atomic E-state index is 0.0700. The second-order valence-corrected chi connectivity index (χ2v) is 8.74. The van der Waals surface area contributed by atoms with Crippen LogP contribution in [0.25, 0.3) is 0 Å². The highest BCUT2D eigenvalue weighted by Crippen LogP contribution is 2.32. The van der Waals surface area contributed by atoms with Crippen molar-refractivity contribution in [2.75, 3.05) is 25.9 Å². The molecule has 5 nitrogen and oxygen atoms in total. The summed E-state index contributed by atoms with van der Waals surface area (Å²) in [6, 6.07) is 4.47. The number of hydrogen-bond acceptors (Lipinski definition) is 5. The van der Waals surface area contributed by atoms with Crippen LogP contribution in [0.2, 0.25) is 5.02 Å². The minimum atomic E-state index is -0.328. The van der Waals surface area contributed by atoms with Crippen molar-refractivity contribution in [3.63, 3.8) is 0 Å². The number of nitrogens with zero attached hydrogens (tertiary/aromatic N) is 3. The van der Waals surface area contributed by atoms with Gasteiger partial charge >= 0.3 is 0 Å². The number of nitrogens with one attached hydrogen (secondary N) is 1. The van der Waals surface area contributed by atoms with Crippen LogP contribution in [0.3, 0.4) is 0 Å². The Bertz CT molecular complexity index is 861. The number of hydrogen-bond donors (Lipinski definition) is 1. The van der Waals surface area contributed by atoms with Crippen LogP contribution in [0.15, 0.2) is 23.4 Å². The van der Waals surface area contributed by atoms with Gasteiger partial charge in [-0.25, -0.2) is 14.4 Å². The standard InChI is InChI=1S/C22H28ClFN4OS/c1-14-16(15(2)27-22(26-14)30-3)9-10-20(29)25-13-19(28-11-4-5-12-28)21-17(23)7-6-8-18(21)24/h6-8,19H,4-5,9-13H2,1-3H3,(H,25,29). The molecule has 1 aliphatic heterocycles. The van der Waals surface area contributed by atoms with Crippen LogP contribution in [-0.4, -0.2) is 46.7 Å². The van der Waals surface area contributed by atoms with Crippen molar-refractivity contribution in [3.8, 4) is 0 Å². The van der Waals surface area contributed by atoms with Gasteiger partial charge in [0.2, 0.25) is 5.91 Å². The number of aryl methyl sites for hydroxylation is 2. The Morgan fingerprint density at radius 2 is 1.93 bits per heavy atom. The number of aromatic nitrogens is 2. The molecule has 0 bridgehead atoms. The highest BCUT2D eigenvalue weighted by atomic mass is 35.5. The minimum Gasteiger partial charge on any atom is -0.354 e. The van der Waals surface area contributed by atoms with Gasteiger partial charge in [0.1, 0.15) is 5.82 Å². The molecule has 8 heteroatoms. The Kier molecular flexibility index (Phi) is 8.08. The van der Waals surface area contributed by atoms with Crippen molar-refractivity contribution in [3.05, 3.63) is 51.6 Å². The number of amides is 1. The van der Waals surface area contributed by atoms with Gasteiger partial charge < -0.3 is 5.32 Å². The molecule has 2 heterocycles. The Morgan fingerprint density at radius 1 is 1.27 bits per heavy atom. The molecule has 30 heavy (non-hydrogen) atoms. The van der Waals surface area contributed by atoms with Crippen LogP contribution in [0.4, 0.5) is 4.39 Å². The van der Waals surface area contributed by atoms with Crippen LogP contribution < -0.4 is 5.32 Å². The lowest BCUT2D eigenvalue weighted by Gasteiger charge is -2.29. The van der Waals surface area contributed by atoms with Gasteiger partial charge in [-0.3, -0.25) is 9.69 Å². The summed E-state index contributed by atoms with van der Waals surface area (Å²) in [5.41, 5.74) is 3.30. The Morgan fingerprint density at radius 3 is 2.53 bits per heavy atom. The molecule has 1 aliphatic rings. The smallest absolute Gasteiger partial charge is 0.220 e. The van der Waals surface area contributed by atoms with E-state index in [0.717, 1.165) is 48.0 Å². The molecule has 1 fully saturated rings. The van der Waals surface area contributed by atoms with Gasteiger partial charge in [0.15, 0.2) is 5.16 Å². The average molecular weight is 451 g/mol. The van der Waals surface area contributed by atoms with E-state index < -0.39 is 0 Å². The molecular weight excluding hydrogens is 423 g/mol. The van der Waals surface area contributed by atoms with Crippen LogP contribution in [0.5, 0.6) is 0 Å². The Balaban J connectivity index is 1.65. The number of carbonyl (C=O) groups excluding carboxylic acids is 1. The predicted molar refractivity (Wildman–Crippen MR) is 120 cm³/mol. The molecule has 0 spiro atoms. The zero-order chi connectivity index (χ0) is 21.7. The number of carbonyl (C=O) groups is 1. The maximum Gasteiger partial charge on any atom is 0.220 e. The van der Waals surface area contributed by atoms with Gasteiger partial charge in [-0.15, -0.1) is 0 Å². The lowest BCUT2D eigenvalue weighted by atomic mass is 10.0. The Labute approximate surface area is 186 Å². The highest BCUT2D eigenvalue weighted by Gasteiger charge is 2.28.